The summed E-state index contributed by atoms with van der Waals surface area (Å²) in [5.74, 6) is 0.686. The van der Waals surface area contributed by atoms with Gasteiger partial charge in [-0.2, -0.15) is 0 Å². The van der Waals surface area contributed by atoms with Crippen molar-refractivity contribution >= 4 is 0 Å². The molecule has 1 saturated heterocycles. The van der Waals surface area contributed by atoms with Gasteiger partial charge in [0, 0.05) is 25.2 Å². The number of aliphatic hydroxyl groups excluding tert-OH is 1. The van der Waals surface area contributed by atoms with Gasteiger partial charge in [-0.05, 0) is 26.8 Å². The fourth-order valence-corrected chi connectivity index (χ4v) is 1.90. The third-order valence-electron chi connectivity index (χ3n) is 3.00. The first kappa shape index (κ1) is 11.0. The summed E-state index contributed by atoms with van der Waals surface area (Å²) in [7, 11) is 2.14. The number of aliphatic hydroxyl groups is 1. The lowest BCUT2D eigenvalue weighted by Crippen LogP contribution is -2.45. The number of likely N-dealkylation sites (tertiary alicyclic amines) is 1. The van der Waals surface area contributed by atoms with E-state index in [1.54, 1.807) is 0 Å². The average molecular weight is 186 g/mol. The van der Waals surface area contributed by atoms with Crippen LogP contribution in [0.3, 0.4) is 0 Å². The van der Waals surface area contributed by atoms with Gasteiger partial charge < -0.3 is 15.3 Å². The van der Waals surface area contributed by atoms with Crippen molar-refractivity contribution in [3.8, 4) is 0 Å². The van der Waals surface area contributed by atoms with Crippen LogP contribution in [0.15, 0.2) is 0 Å². The predicted octanol–water partition coefficient (Wildman–Crippen LogP) is 0.295. The molecule has 3 nitrogen and oxygen atoms in total. The Bertz CT molecular complexity index is 161. The number of likely N-dealkylation sites (N-methyl/N-ethyl adjacent to an activating group) is 1. The van der Waals surface area contributed by atoms with Crippen LogP contribution >= 0.6 is 0 Å². The summed E-state index contributed by atoms with van der Waals surface area (Å²) >= 11 is 0. The van der Waals surface area contributed by atoms with Crippen molar-refractivity contribution in [2.75, 3.05) is 20.1 Å². The zero-order chi connectivity index (χ0) is 10.0. The summed E-state index contributed by atoms with van der Waals surface area (Å²) in [4.78, 5) is 2.33. The molecule has 0 aliphatic carbocycles. The van der Waals surface area contributed by atoms with E-state index in [1.807, 2.05) is 13.8 Å². The van der Waals surface area contributed by atoms with E-state index in [1.165, 1.54) is 0 Å². The molecule has 1 heterocycles. The van der Waals surface area contributed by atoms with Crippen LogP contribution in [-0.4, -0.2) is 48.3 Å². The minimum absolute atomic E-state index is 0.193. The van der Waals surface area contributed by atoms with Crippen LogP contribution in [0, 0.1) is 5.92 Å². The first-order valence-electron chi connectivity index (χ1n) is 5.13. The Kier molecular flexibility index (Phi) is 3.71. The SMILES string of the molecule is CC(O)C(C)NC1CN(C)CC1C. The van der Waals surface area contributed by atoms with Crippen LogP contribution < -0.4 is 5.32 Å². The molecule has 0 bridgehead atoms. The number of hydrogen-bond donors (Lipinski definition) is 2. The highest BCUT2D eigenvalue weighted by molar-refractivity contribution is 4.87. The van der Waals surface area contributed by atoms with Crippen molar-refractivity contribution in [1.29, 1.82) is 0 Å². The maximum atomic E-state index is 9.36. The molecule has 13 heavy (non-hydrogen) atoms. The molecule has 0 aromatic rings. The summed E-state index contributed by atoms with van der Waals surface area (Å²) in [5, 5.41) is 12.8. The molecule has 1 fully saturated rings. The average Bonchev–Trinajstić information content (AvgIpc) is 2.30. The fourth-order valence-electron chi connectivity index (χ4n) is 1.90. The third-order valence-corrected chi connectivity index (χ3v) is 3.00. The van der Waals surface area contributed by atoms with E-state index in [4.69, 9.17) is 0 Å². The van der Waals surface area contributed by atoms with Crippen molar-refractivity contribution < 1.29 is 5.11 Å². The largest absolute Gasteiger partial charge is 0.392 e. The normalized spacial score (nSPS) is 34.8. The summed E-state index contributed by atoms with van der Waals surface area (Å²) in [6.07, 6.45) is -0.266. The highest BCUT2D eigenvalue weighted by atomic mass is 16.3. The van der Waals surface area contributed by atoms with Crippen molar-refractivity contribution in [2.45, 2.75) is 39.0 Å². The van der Waals surface area contributed by atoms with Crippen molar-refractivity contribution in [1.82, 2.24) is 10.2 Å². The van der Waals surface area contributed by atoms with E-state index >= 15 is 0 Å². The van der Waals surface area contributed by atoms with E-state index in [-0.39, 0.29) is 12.1 Å². The van der Waals surface area contributed by atoms with Gasteiger partial charge in [-0.3, -0.25) is 0 Å². The van der Waals surface area contributed by atoms with Crippen LogP contribution in [0.25, 0.3) is 0 Å². The monoisotopic (exact) mass is 186 g/mol. The van der Waals surface area contributed by atoms with Crippen molar-refractivity contribution in [2.24, 2.45) is 5.92 Å². The first-order chi connectivity index (χ1) is 6.00. The Hall–Kier alpha value is -0.120. The zero-order valence-corrected chi connectivity index (χ0v) is 9.12. The number of nitrogens with zero attached hydrogens (tertiary/aromatic N) is 1. The molecule has 0 spiro atoms. The molecule has 1 aliphatic heterocycles. The second kappa shape index (κ2) is 4.40. The molecule has 78 valence electrons. The standard InChI is InChI=1S/C10H22N2O/c1-7-5-12(4)6-10(7)11-8(2)9(3)13/h7-11,13H,5-6H2,1-4H3. The summed E-state index contributed by atoms with van der Waals surface area (Å²) < 4.78 is 0. The van der Waals surface area contributed by atoms with Gasteiger partial charge in [0.1, 0.15) is 0 Å². The molecule has 3 heteroatoms. The maximum absolute atomic E-state index is 9.36. The molecule has 0 amide bonds. The summed E-state index contributed by atoms with van der Waals surface area (Å²) in [6, 6.07) is 0.730. The maximum Gasteiger partial charge on any atom is 0.0662 e. The van der Waals surface area contributed by atoms with Gasteiger partial charge in [0.2, 0.25) is 0 Å². The zero-order valence-electron chi connectivity index (χ0n) is 9.12. The van der Waals surface area contributed by atoms with E-state index in [0.29, 0.717) is 12.0 Å². The second-order valence-electron chi connectivity index (χ2n) is 4.50. The molecule has 0 saturated carbocycles. The Morgan fingerprint density at radius 1 is 1.38 bits per heavy atom. The van der Waals surface area contributed by atoms with Crippen molar-refractivity contribution in [3.05, 3.63) is 0 Å². The molecular weight excluding hydrogens is 164 g/mol. The van der Waals surface area contributed by atoms with Crippen LogP contribution in [0.5, 0.6) is 0 Å². The van der Waals surface area contributed by atoms with Crippen LogP contribution in [-0.2, 0) is 0 Å². The summed E-state index contributed by atoms with van der Waals surface area (Å²) in [6.45, 7) is 8.38. The molecule has 4 unspecified atom stereocenters. The molecule has 0 radical (unpaired) electrons. The molecule has 1 aliphatic rings. The van der Waals surface area contributed by atoms with Gasteiger partial charge in [-0.15, -0.1) is 0 Å². The minimum atomic E-state index is -0.266. The van der Waals surface area contributed by atoms with Gasteiger partial charge in [0.25, 0.3) is 0 Å². The van der Waals surface area contributed by atoms with Crippen molar-refractivity contribution in [3.63, 3.8) is 0 Å². The molecule has 0 aromatic carbocycles. The number of nitrogens with one attached hydrogen (secondary N) is 1. The Labute approximate surface area is 81.1 Å². The minimum Gasteiger partial charge on any atom is -0.392 e. The van der Waals surface area contributed by atoms with Crippen LogP contribution in [0.2, 0.25) is 0 Å². The quantitative estimate of drug-likeness (QED) is 0.665. The Morgan fingerprint density at radius 3 is 2.38 bits per heavy atom. The molecule has 1 rings (SSSR count). The Balaban J connectivity index is 2.36. The highest BCUT2D eigenvalue weighted by Gasteiger charge is 2.28. The smallest absolute Gasteiger partial charge is 0.0662 e. The first-order valence-corrected chi connectivity index (χ1v) is 5.13. The lowest BCUT2D eigenvalue weighted by molar-refractivity contribution is 0.143. The molecular formula is C10H22N2O. The molecule has 2 N–H and O–H groups in total. The van der Waals surface area contributed by atoms with E-state index in [9.17, 15) is 5.11 Å². The van der Waals surface area contributed by atoms with Crippen LogP contribution in [0.4, 0.5) is 0 Å². The van der Waals surface area contributed by atoms with Gasteiger partial charge in [0.05, 0.1) is 6.10 Å². The molecule has 4 atom stereocenters. The highest BCUT2D eigenvalue weighted by Crippen LogP contribution is 2.15. The Morgan fingerprint density at radius 2 is 2.00 bits per heavy atom. The van der Waals surface area contributed by atoms with Gasteiger partial charge in [0.15, 0.2) is 0 Å². The number of hydrogen-bond acceptors (Lipinski definition) is 3. The van der Waals surface area contributed by atoms with E-state index < -0.39 is 0 Å². The molecule has 0 aromatic heterocycles. The summed E-state index contributed by atoms with van der Waals surface area (Å²) in [5.41, 5.74) is 0. The fraction of sp³-hybridized carbons (Fsp3) is 1.00. The van der Waals surface area contributed by atoms with E-state index in [0.717, 1.165) is 13.1 Å². The topological polar surface area (TPSA) is 35.5 Å². The van der Waals surface area contributed by atoms with E-state index in [2.05, 4.69) is 24.2 Å². The number of rotatable bonds is 3. The van der Waals surface area contributed by atoms with Gasteiger partial charge in [-0.1, -0.05) is 6.92 Å². The predicted molar refractivity (Wildman–Crippen MR) is 54.7 cm³/mol. The van der Waals surface area contributed by atoms with Gasteiger partial charge in [-0.25, -0.2) is 0 Å². The lowest BCUT2D eigenvalue weighted by Gasteiger charge is -2.24. The second-order valence-corrected chi connectivity index (χ2v) is 4.50. The lowest BCUT2D eigenvalue weighted by atomic mass is 10.0. The van der Waals surface area contributed by atoms with Gasteiger partial charge >= 0.3 is 0 Å². The van der Waals surface area contributed by atoms with Crippen LogP contribution in [0.1, 0.15) is 20.8 Å². The third kappa shape index (κ3) is 2.93.